The Morgan fingerprint density at radius 3 is 2.68 bits per heavy atom. The minimum absolute atomic E-state index is 0.126. The third kappa shape index (κ3) is 11.6. The van der Waals surface area contributed by atoms with Crippen LogP contribution >= 0.6 is 11.6 Å². The number of halogens is 1. The van der Waals surface area contributed by atoms with Crippen LogP contribution in [0.1, 0.15) is 59.3 Å². The minimum Gasteiger partial charge on any atom is -0.459 e. The number of carbonyl (C=O) groups is 3. The van der Waals surface area contributed by atoms with Crippen molar-refractivity contribution in [3.05, 3.63) is 34.4 Å². The number of aliphatic hydroxyl groups is 1. The van der Waals surface area contributed by atoms with Crippen molar-refractivity contribution in [2.75, 3.05) is 12.3 Å². The summed E-state index contributed by atoms with van der Waals surface area (Å²) >= 11 is 6.35. The van der Waals surface area contributed by atoms with Crippen LogP contribution in [0.2, 0.25) is 0 Å². The lowest BCUT2D eigenvalue weighted by Gasteiger charge is -2.24. The topological polar surface area (TPSA) is 166 Å². The number of amides is 1. The lowest BCUT2D eigenvalue weighted by Crippen LogP contribution is -2.37. The van der Waals surface area contributed by atoms with E-state index in [0.717, 1.165) is 0 Å². The van der Waals surface area contributed by atoms with Crippen molar-refractivity contribution in [1.29, 1.82) is 0 Å². The van der Waals surface area contributed by atoms with Crippen molar-refractivity contribution in [3.8, 4) is 0 Å². The quantitative estimate of drug-likeness (QED) is 0.221. The van der Waals surface area contributed by atoms with Crippen LogP contribution in [0.15, 0.2) is 34.4 Å². The molecule has 5 atom stereocenters. The predicted molar refractivity (Wildman–Crippen MR) is 139 cm³/mol. The van der Waals surface area contributed by atoms with Gasteiger partial charge in [0, 0.05) is 31.3 Å². The number of carbonyl (C=O) groups excluding carboxylic acids is 3. The van der Waals surface area contributed by atoms with Crippen LogP contribution in [0.5, 0.6) is 0 Å². The summed E-state index contributed by atoms with van der Waals surface area (Å²) in [4.78, 5) is 36.4. The minimum atomic E-state index is -4.19. The molecular weight excluding hydrogens is 542 g/mol. The first kappa shape index (κ1) is 32.0. The number of hydrogen-bond donors (Lipinski definition) is 3. The van der Waals surface area contributed by atoms with Crippen LogP contribution < -0.4 is 5.32 Å². The van der Waals surface area contributed by atoms with Crippen LogP contribution in [0.25, 0.3) is 0 Å². The lowest BCUT2D eigenvalue weighted by atomic mass is 10.0. The Morgan fingerprint density at radius 2 is 2.03 bits per heavy atom. The molecule has 0 aromatic carbocycles. The number of aliphatic hydroxyl groups excluding tert-OH is 1. The van der Waals surface area contributed by atoms with Crippen molar-refractivity contribution in [1.82, 2.24) is 5.32 Å². The highest BCUT2D eigenvalue weighted by Gasteiger charge is 2.41. The molecule has 0 radical (unpaired) electrons. The normalized spacial score (nSPS) is 26.4. The van der Waals surface area contributed by atoms with Crippen molar-refractivity contribution in [3.63, 3.8) is 0 Å². The SMILES string of the molecule is CC(=O)OC1CC(=O)OC2CC(CCC(Cl)=CCC=C1C)OC2C(O)C=C(C)CC(=O)NCCS(=O)(=O)O. The molecular formula is C25H36ClNO10S. The number of allylic oxidation sites excluding steroid dienone is 3. The van der Waals surface area contributed by atoms with Gasteiger partial charge in [-0.1, -0.05) is 35.4 Å². The van der Waals surface area contributed by atoms with Crippen molar-refractivity contribution in [2.45, 2.75) is 89.8 Å². The van der Waals surface area contributed by atoms with Crippen LogP contribution in [0, 0.1) is 0 Å². The van der Waals surface area contributed by atoms with E-state index < -0.39 is 58.1 Å². The van der Waals surface area contributed by atoms with Crippen LogP contribution in [0.4, 0.5) is 0 Å². The molecule has 2 bridgehead atoms. The van der Waals surface area contributed by atoms with Crippen molar-refractivity contribution in [2.24, 2.45) is 0 Å². The van der Waals surface area contributed by atoms with E-state index in [9.17, 15) is 27.9 Å². The zero-order chi connectivity index (χ0) is 28.5. The first-order chi connectivity index (χ1) is 17.7. The summed E-state index contributed by atoms with van der Waals surface area (Å²) in [6.45, 7) is 4.37. The molecule has 13 heteroatoms. The molecule has 2 heterocycles. The highest BCUT2D eigenvalue weighted by Crippen LogP contribution is 2.31. The molecule has 2 aliphatic heterocycles. The summed E-state index contributed by atoms with van der Waals surface area (Å²) < 4.78 is 47.3. The molecule has 5 unspecified atom stereocenters. The second-order valence-electron chi connectivity index (χ2n) is 9.48. The zero-order valence-corrected chi connectivity index (χ0v) is 23.3. The van der Waals surface area contributed by atoms with Gasteiger partial charge in [0.05, 0.1) is 18.3 Å². The summed E-state index contributed by atoms with van der Waals surface area (Å²) in [5, 5.41) is 13.9. The van der Waals surface area contributed by atoms with E-state index in [-0.39, 0.29) is 25.5 Å². The zero-order valence-electron chi connectivity index (χ0n) is 21.7. The van der Waals surface area contributed by atoms with Gasteiger partial charge in [0.1, 0.15) is 24.4 Å². The van der Waals surface area contributed by atoms with E-state index in [1.165, 1.54) is 13.0 Å². The van der Waals surface area contributed by atoms with E-state index in [1.54, 1.807) is 13.8 Å². The second kappa shape index (κ2) is 14.8. The van der Waals surface area contributed by atoms with E-state index in [2.05, 4.69) is 5.32 Å². The highest BCUT2D eigenvalue weighted by molar-refractivity contribution is 7.85. The molecule has 38 heavy (non-hydrogen) atoms. The monoisotopic (exact) mass is 577 g/mol. The van der Waals surface area contributed by atoms with Gasteiger partial charge in [-0.2, -0.15) is 8.42 Å². The molecule has 0 aromatic heterocycles. The lowest BCUT2D eigenvalue weighted by molar-refractivity contribution is -0.159. The molecule has 214 valence electrons. The Labute approximate surface area is 228 Å². The largest absolute Gasteiger partial charge is 0.459 e. The van der Waals surface area contributed by atoms with Crippen LogP contribution in [-0.4, -0.2) is 78.7 Å². The molecule has 0 saturated carbocycles. The van der Waals surface area contributed by atoms with E-state index in [0.29, 0.717) is 41.9 Å². The Hall–Kier alpha value is -2.25. The number of rotatable bonds is 8. The molecule has 11 nitrogen and oxygen atoms in total. The number of esters is 2. The van der Waals surface area contributed by atoms with E-state index in [1.807, 2.05) is 12.2 Å². The van der Waals surface area contributed by atoms with Gasteiger partial charge in [-0.15, -0.1) is 0 Å². The maximum atomic E-state index is 12.8. The van der Waals surface area contributed by atoms with Crippen molar-refractivity contribution < 1.29 is 46.7 Å². The van der Waals surface area contributed by atoms with Crippen LogP contribution in [-0.2, 0) is 38.7 Å². The molecule has 2 aliphatic rings. The maximum Gasteiger partial charge on any atom is 0.310 e. The third-order valence-electron chi connectivity index (χ3n) is 6.06. The predicted octanol–water partition coefficient (Wildman–Crippen LogP) is 2.33. The van der Waals surface area contributed by atoms with Gasteiger partial charge in [-0.05, 0) is 38.7 Å². The molecule has 0 spiro atoms. The van der Waals surface area contributed by atoms with Gasteiger partial charge in [0.2, 0.25) is 5.91 Å². The van der Waals surface area contributed by atoms with Gasteiger partial charge in [0.25, 0.3) is 10.1 Å². The average molecular weight is 578 g/mol. The fourth-order valence-electron chi connectivity index (χ4n) is 4.21. The molecule has 1 amide bonds. The molecule has 3 N–H and O–H groups in total. The Kier molecular flexibility index (Phi) is 12.4. The summed E-state index contributed by atoms with van der Waals surface area (Å²) in [5.41, 5.74) is 1.16. The number of nitrogens with one attached hydrogen (secondary N) is 1. The average Bonchev–Trinajstić information content (AvgIpc) is 3.17. The summed E-state index contributed by atoms with van der Waals surface area (Å²) in [7, 11) is -4.19. The summed E-state index contributed by atoms with van der Waals surface area (Å²) in [6, 6.07) is 0. The Bertz CT molecular complexity index is 1070. The summed E-state index contributed by atoms with van der Waals surface area (Å²) in [5.74, 6) is -2.25. The fourth-order valence-corrected chi connectivity index (χ4v) is 4.77. The highest BCUT2D eigenvalue weighted by atomic mass is 35.5. The van der Waals surface area contributed by atoms with Gasteiger partial charge < -0.3 is 24.6 Å². The van der Waals surface area contributed by atoms with E-state index in [4.69, 9.17) is 30.4 Å². The first-order valence-corrected chi connectivity index (χ1v) is 14.3. The molecule has 2 rings (SSSR count). The van der Waals surface area contributed by atoms with Gasteiger partial charge >= 0.3 is 11.9 Å². The molecule has 0 aromatic rings. The number of fused-ring (bicyclic) bond motifs is 2. The first-order valence-electron chi connectivity index (χ1n) is 12.3. The number of ether oxygens (including phenoxy) is 3. The molecule has 1 saturated heterocycles. The van der Waals surface area contributed by atoms with Gasteiger partial charge in [-0.25, -0.2) is 0 Å². The summed E-state index contributed by atoms with van der Waals surface area (Å²) in [6.07, 6.45) is 2.61. The fraction of sp³-hybridized carbons (Fsp3) is 0.640. The Morgan fingerprint density at radius 1 is 1.32 bits per heavy atom. The van der Waals surface area contributed by atoms with Crippen LogP contribution in [0.3, 0.4) is 0 Å². The number of hydrogen-bond acceptors (Lipinski definition) is 9. The van der Waals surface area contributed by atoms with E-state index >= 15 is 0 Å². The van der Waals surface area contributed by atoms with Gasteiger partial charge in [0.15, 0.2) is 0 Å². The third-order valence-corrected chi connectivity index (χ3v) is 7.12. The smallest absolute Gasteiger partial charge is 0.310 e. The van der Waals surface area contributed by atoms with Gasteiger partial charge in [-0.3, -0.25) is 18.9 Å². The molecule has 0 aliphatic carbocycles. The molecule has 1 fully saturated rings. The van der Waals surface area contributed by atoms with Crippen molar-refractivity contribution >= 4 is 39.6 Å². The standard InChI is InChI=1S/C25H36ClNO10S/c1-15(12-23(30)27-9-10-38(32,33)34)11-20(29)25-22-13-19(36-25)8-7-18(26)6-4-5-16(2)21(35-17(3)28)14-24(31)37-22/h5-6,11,19-22,25,29H,4,7-10,12-14H2,1-3H3,(H,27,30)(H,32,33,34). The Balaban J connectivity index is 2.14. The maximum absolute atomic E-state index is 12.8. The second-order valence-corrected chi connectivity index (χ2v) is 11.5.